The molecule has 0 atom stereocenters. The van der Waals surface area contributed by atoms with Crippen molar-refractivity contribution >= 4 is 11.7 Å². The molecule has 7 heteroatoms. The van der Waals surface area contributed by atoms with Crippen molar-refractivity contribution in [2.24, 2.45) is 0 Å². The van der Waals surface area contributed by atoms with Gasteiger partial charge in [0.05, 0.1) is 5.60 Å². The van der Waals surface area contributed by atoms with E-state index in [-0.39, 0.29) is 17.0 Å². The van der Waals surface area contributed by atoms with Gasteiger partial charge in [0.1, 0.15) is 5.82 Å². The summed E-state index contributed by atoms with van der Waals surface area (Å²) in [5.41, 5.74) is 0.721. The van der Waals surface area contributed by atoms with Crippen molar-refractivity contribution in [1.82, 2.24) is 14.8 Å². The maximum absolute atomic E-state index is 13.0. The van der Waals surface area contributed by atoms with Crippen LogP contribution in [0.2, 0.25) is 0 Å². The number of piperazine rings is 1. The maximum atomic E-state index is 13.0. The SMILES string of the molecule is CCC(=O)N(CC1(N2CCN(CC(C)(C)OC)CC2)CCOCC1)c1cccc(C)n1. The molecule has 2 saturated heterocycles. The Morgan fingerprint density at radius 1 is 1.23 bits per heavy atom. The summed E-state index contributed by atoms with van der Waals surface area (Å²) in [6, 6.07) is 5.92. The van der Waals surface area contributed by atoms with Crippen LogP contribution in [0.25, 0.3) is 0 Å². The van der Waals surface area contributed by atoms with Crippen LogP contribution in [0.1, 0.15) is 45.7 Å². The quantitative estimate of drug-likeness (QED) is 0.630. The molecule has 2 aliphatic heterocycles. The Labute approximate surface area is 187 Å². The lowest BCUT2D eigenvalue weighted by Gasteiger charge is -2.51. The summed E-state index contributed by atoms with van der Waals surface area (Å²) in [5, 5.41) is 0. The van der Waals surface area contributed by atoms with E-state index in [1.807, 2.05) is 36.9 Å². The van der Waals surface area contributed by atoms with Crippen LogP contribution >= 0.6 is 0 Å². The van der Waals surface area contributed by atoms with Gasteiger partial charge in [-0.25, -0.2) is 4.98 Å². The van der Waals surface area contributed by atoms with Gasteiger partial charge in [0.2, 0.25) is 5.91 Å². The van der Waals surface area contributed by atoms with E-state index in [4.69, 9.17) is 9.47 Å². The average Bonchev–Trinajstić information content (AvgIpc) is 2.78. The van der Waals surface area contributed by atoms with E-state index in [1.165, 1.54) is 0 Å². The van der Waals surface area contributed by atoms with Crippen LogP contribution in [0.5, 0.6) is 0 Å². The molecule has 174 valence electrons. The molecule has 7 nitrogen and oxygen atoms in total. The second-order valence-corrected chi connectivity index (χ2v) is 9.53. The summed E-state index contributed by atoms with van der Waals surface area (Å²) in [6.07, 6.45) is 2.35. The molecule has 0 radical (unpaired) electrons. The summed E-state index contributed by atoms with van der Waals surface area (Å²) in [5.74, 6) is 0.891. The number of rotatable bonds is 8. The molecule has 1 aromatic heterocycles. The zero-order valence-corrected chi connectivity index (χ0v) is 20.0. The highest BCUT2D eigenvalue weighted by Gasteiger charge is 2.42. The van der Waals surface area contributed by atoms with E-state index in [1.54, 1.807) is 7.11 Å². The number of aromatic nitrogens is 1. The first kappa shape index (κ1) is 24.1. The van der Waals surface area contributed by atoms with E-state index in [0.29, 0.717) is 13.0 Å². The Balaban J connectivity index is 1.78. The highest BCUT2D eigenvalue weighted by molar-refractivity contribution is 5.92. The highest BCUT2D eigenvalue weighted by Crippen LogP contribution is 2.32. The van der Waals surface area contributed by atoms with Crippen LogP contribution in [0.4, 0.5) is 5.82 Å². The lowest BCUT2D eigenvalue weighted by atomic mass is 9.86. The fraction of sp³-hybridized carbons (Fsp3) is 0.750. The van der Waals surface area contributed by atoms with Gasteiger partial charge in [-0.3, -0.25) is 19.5 Å². The summed E-state index contributed by atoms with van der Waals surface area (Å²) in [7, 11) is 1.78. The van der Waals surface area contributed by atoms with E-state index >= 15 is 0 Å². The zero-order valence-electron chi connectivity index (χ0n) is 20.0. The van der Waals surface area contributed by atoms with Crippen molar-refractivity contribution in [2.45, 2.75) is 58.1 Å². The zero-order chi connectivity index (χ0) is 22.5. The smallest absolute Gasteiger partial charge is 0.227 e. The maximum Gasteiger partial charge on any atom is 0.227 e. The number of ether oxygens (including phenoxy) is 2. The molecule has 31 heavy (non-hydrogen) atoms. The van der Waals surface area contributed by atoms with Crippen LogP contribution in [-0.4, -0.2) is 91.4 Å². The molecule has 0 N–H and O–H groups in total. The number of nitrogens with zero attached hydrogens (tertiary/aromatic N) is 4. The largest absolute Gasteiger partial charge is 0.381 e. The third kappa shape index (κ3) is 6.04. The number of aryl methyl sites for hydroxylation is 1. The number of anilines is 1. The average molecular weight is 433 g/mol. The minimum absolute atomic E-state index is 0.0721. The van der Waals surface area contributed by atoms with Gasteiger partial charge in [0, 0.05) is 77.2 Å². The van der Waals surface area contributed by atoms with Gasteiger partial charge in [0.15, 0.2) is 0 Å². The van der Waals surface area contributed by atoms with Gasteiger partial charge in [-0.05, 0) is 45.7 Å². The predicted octanol–water partition coefficient (Wildman–Crippen LogP) is 2.72. The van der Waals surface area contributed by atoms with Crippen LogP contribution in [-0.2, 0) is 14.3 Å². The molecule has 1 aromatic rings. The van der Waals surface area contributed by atoms with E-state index in [2.05, 4.69) is 28.6 Å². The molecular formula is C24H40N4O3. The van der Waals surface area contributed by atoms with Crippen LogP contribution in [0.3, 0.4) is 0 Å². The van der Waals surface area contributed by atoms with E-state index < -0.39 is 0 Å². The summed E-state index contributed by atoms with van der Waals surface area (Å²) < 4.78 is 11.4. The Kier molecular flexibility index (Phi) is 8.08. The number of amides is 1. The lowest BCUT2D eigenvalue weighted by molar-refractivity contribution is -0.119. The monoisotopic (exact) mass is 432 g/mol. The second-order valence-electron chi connectivity index (χ2n) is 9.53. The van der Waals surface area contributed by atoms with Gasteiger partial charge >= 0.3 is 0 Å². The Morgan fingerprint density at radius 3 is 2.48 bits per heavy atom. The van der Waals surface area contributed by atoms with Gasteiger partial charge in [-0.1, -0.05) is 13.0 Å². The first-order valence-electron chi connectivity index (χ1n) is 11.6. The lowest BCUT2D eigenvalue weighted by Crippen LogP contribution is -2.64. The van der Waals surface area contributed by atoms with Crippen molar-refractivity contribution in [1.29, 1.82) is 0 Å². The van der Waals surface area contributed by atoms with Gasteiger partial charge < -0.3 is 9.47 Å². The molecule has 3 rings (SSSR count). The van der Waals surface area contributed by atoms with Gasteiger partial charge in [0.25, 0.3) is 0 Å². The van der Waals surface area contributed by atoms with Gasteiger partial charge in [-0.15, -0.1) is 0 Å². The third-order valence-corrected chi connectivity index (χ3v) is 6.83. The molecule has 1 amide bonds. The minimum atomic E-state index is -0.139. The number of hydrogen-bond acceptors (Lipinski definition) is 6. The normalized spacial score (nSPS) is 20.5. The molecule has 0 aliphatic carbocycles. The third-order valence-electron chi connectivity index (χ3n) is 6.83. The number of carbonyl (C=O) groups excluding carboxylic acids is 1. The Morgan fingerprint density at radius 2 is 1.90 bits per heavy atom. The number of pyridine rings is 1. The first-order chi connectivity index (χ1) is 14.8. The van der Waals surface area contributed by atoms with Crippen molar-refractivity contribution < 1.29 is 14.3 Å². The summed E-state index contributed by atoms with van der Waals surface area (Å²) in [6.45, 7) is 15.3. The molecule has 2 fully saturated rings. The summed E-state index contributed by atoms with van der Waals surface area (Å²) in [4.78, 5) is 24.7. The molecular weight excluding hydrogens is 392 g/mol. The van der Waals surface area contributed by atoms with Gasteiger partial charge in [-0.2, -0.15) is 0 Å². The van der Waals surface area contributed by atoms with E-state index in [9.17, 15) is 4.79 Å². The standard InChI is InChI=1S/C24H40N4O3/c1-6-22(29)28(21-9-7-8-20(2)25-21)19-24(10-16-31-17-11-24)27-14-12-26(13-15-27)18-23(3,4)30-5/h7-9H,6,10-19H2,1-5H3. The molecule has 0 bridgehead atoms. The van der Waals surface area contributed by atoms with Crippen LogP contribution in [0, 0.1) is 6.92 Å². The molecule has 0 saturated carbocycles. The Hall–Kier alpha value is -1.54. The molecule has 0 aromatic carbocycles. The first-order valence-corrected chi connectivity index (χ1v) is 11.6. The highest BCUT2D eigenvalue weighted by atomic mass is 16.5. The topological polar surface area (TPSA) is 58.1 Å². The molecule has 3 heterocycles. The fourth-order valence-electron chi connectivity index (χ4n) is 4.77. The molecule has 0 unspecified atom stereocenters. The van der Waals surface area contributed by atoms with Crippen molar-refractivity contribution in [3.63, 3.8) is 0 Å². The number of carbonyl (C=O) groups is 1. The van der Waals surface area contributed by atoms with Crippen molar-refractivity contribution in [3.8, 4) is 0 Å². The second kappa shape index (κ2) is 10.4. The molecule has 0 spiro atoms. The summed E-state index contributed by atoms with van der Waals surface area (Å²) >= 11 is 0. The minimum Gasteiger partial charge on any atom is -0.381 e. The molecule has 2 aliphatic rings. The van der Waals surface area contributed by atoms with Crippen molar-refractivity contribution in [3.05, 3.63) is 23.9 Å². The fourth-order valence-corrected chi connectivity index (χ4v) is 4.77. The van der Waals surface area contributed by atoms with E-state index in [0.717, 1.165) is 70.3 Å². The Bertz CT molecular complexity index is 725. The predicted molar refractivity (Wildman–Crippen MR) is 124 cm³/mol. The van der Waals surface area contributed by atoms with Crippen LogP contribution < -0.4 is 4.90 Å². The number of hydrogen-bond donors (Lipinski definition) is 0. The van der Waals surface area contributed by atoms with Crippen molar-refractivity contribution in [2.75, 3.05) is 64.5 Å². The number of methoxy groups -OCH3 is 1. The van der Waals surface area contributed by atoms with Crippen LogP contribution in [0.15, 0.2) is 18.2 Å².